The molecular formula is C17H14O7. The number of phenols is 1. The zero-order valence-electron chi connectivity index (χ0n) is 13.0. The van der Waals surface area contributed by atoms with E-state index in [0.717, 1.165) is 0 Å². The molecular weight excluding hydrogens is 316 g/mol. The smallest absolute Gasteiger partial charge is 0.342 e. The molecule has 2 aliphatic heterocycles. The molecule has 0 radical (unpaired) electrons. The highest BCUT2D eigenvalue weighted by atomic mass is 16.7. The van der Waals surface area contributed by atoms with Gasteiger partial charge in [-0.25, -0.2) is 4.79 Å². The lowest BCUT2D eigenvalue weighted by molar-refractivity contribution is 0.0475. The van der Waals surface area contributed by atoms with Crippen LogP contribution in [-0.2, 0) is 11.3 Å². The third-order valence-electron chi connectivity index (χ3n) is 4.07. The van der Waals surface area contributed by atoms with Crippen molar-refractivity contribution in [2.45, 2.75) is 6.61 Å². The summed E-state index contributed by atoms with van der Waals surface area (Å²) in [6.07, 6.45) is 0. The number of rotatable bonds is 2. The van der Waals surface area contributed by atoms with Crippen LogP contribution in [0.25, 0.3) is 11.1 Å². The first-order valence-electron chi connectivity index (χ1n) is 7.22. The predicted molar refractivity (Wildman–Crippen MR) is 81.9 cm³/mol. The molecule has 2 heterocycles. The van der Waals surface area contributed by atoms with Gasteiger partial charge in [-0.1, -0.05) is 0 Å². The van der Waals surface area contributed by atoms with Crippen LogP contribution in [-0.4, -0.2) is 32.1 Å². The molecule has 2 aromatic rings. The maximum absolute atomic E-state index is 12.3. The van der Waals surface area contributed by atoms with Gasteiger partial charge in [-0.3, -0.25) is 0 Å². The molecule has 2 aromatic carbocycles. The summed E-state index contributed by atoms with van der Waals surface area (Å²) in [7, 11) is 3.00. The molecule has 0 spiro atoms. The molecule has 0 aliphatic carbocycles. The first-order valence-corrected chi connectivity index (χ1v) is 7.22. The van der Waals surface area contributed by atoms with Crippen molar-refractivity contribution in [3.63, 3.8) is 0 Å². The molecule has 0 bridgehead atoms. The van der Waals surface area contributed by atoms with Gasteiger partial charge in [-0.2, -0.15) is 0 Å². The molecule has 0 atom stereocenters. The standard InChI is InChI=1S/C17H14O7/c1-20-9-4-10-13-8(6-22-17(19)14(10)11(18)5-9)3-12(21-2)15-16(13)24-7-23-15/h3-5,18H,6-7H2,1-2H3. The van der Waals surface area contributed by atoms with Crippen LogP contribution in [0, 0.1) is 0 Å². The highest BCUT2D eigenvalue weighted by molar-refractivity contribution is 6.03. The number of aromatic hydroxyl groups is 1. The first kappa shape index (κ1) is 14.5. The molecule has 0 aromatic heterocycles. The van der Waals surface area contributed by atoms with Crippen molar-refractivity contribution in [3.05, 3.63) is 29.3 Å². The van der Waals surface area contributed by atoms with E-state index in [1.165, 1.54) is 20.3 Å². The Hall–Kier alpha value is -3.09. The molecule has 124 valence electrons. The Balaban J connectivity index is 2.08. The van der Waals surface area contributed by atoms with Gasteiger partial charge in [-0.05, 0) is 12.1 Å². The van der Waals surface area contributed by atoms with Crippen molar-refractivity contribution < 1.29 is 33.6 Å². The van der Waals surface area contributed by atoms with Crippen molar-refractivity contribution in [1.82, 2.24) is 0 Å². The van der Waals surface area contributed by atoms with Crippen molar-refractivity contribution in [3.8, 4) is 39.9 Å². The van der Waals surface area contributed by atoms with Crippen LogP contribution in [0.5, 0.6) is 28.7 Å². The SMILES string of the molecule is COc1cc(O)c2c(c1)-c1c(cc(OC)c3c1OCO3)COC2=O. The third kappa shape index (κ3) is 1.94. The Labute approximate surface area is 137 Å². The summed E-state index contributed by atoms with van der Waals surface area (Å²) in [6.45, 7) is 0.0693. The number of esters is 1. The minimum Gasteiger partial charge on any atom is -0.507 e. The van der Waals surface area contributed by atoms with E-state index in [1.807, 2.05) is 0 Å². The van der Waals surface area contributed by atoms with Gasteiger partial charge in [0.1, 0.15) is 23.7 Å². The Kier molecular flexibility index (Phi) is 3.16. The Bertz CT molecular complexity index is 857. The summed E-state index contributed by atoms with van der Waals surface area (Å²) in [5, 5.41) is 10.3. The minimum absolute atomic E-state index is 0.0254. The molecule has 24 heavy (non-hydrogen) atoms. The largest absolute Gasteiger partial charge is 0.507 e. The summed E-state index contributed by atoms with van der Waals surface area (Å²) in [5.41, 5.74) is 1.85. The minimum atomic E-state index is -0.618. The molecule has 2 aliphatic rings. The number of carbonyl (C=O) groups is 1. The third-order valence-corrected chi connectivity index (χ3v) is 4.07. The average molecular weight is 330 g/mol. The van der Waals surface area contributed by atoms with Crippen LogP contribution < -0.4 is 18.9 Å². The van der Waals surface area contributed by atoms with E-state index in [-0.39, 0.29) is 24.7 Å². The van der Waals surface area contributed by atoms with Gasteiger partial charge in [0, 0.05) is 22.8 Å². The zero-order valence-corrected chi connectivity index (χ0v) is 13.0. The lowest BCUT2D eigenvalue weighted by Crippen LogP contribution is -2.04. The van der Waals surface area contributed by atoms with Crippen molar-refractivity contribution >= 4 is 5.97 Å². The maximum atomic E-state index is 12.3. The molecule has 0 saturated carbocycles. The second-order valence-electron chi connectivity index (χ2n) is 5.32. The summed E-state index contributed by atoms with van der Waals surface area (Å²) in [4.78, 5) is 12.3. The summed E-state index contributed by atoms with van der Waals surface area (Å²) >= 11 is 0. The number of hydrogen-bond acceptors (Lipinski definition) is 7. The van der Waals surface area contributed by atoms with Crippen LogP contribution in [0.1, 0.15) is 15.9 Å². The van der Waals surface area contributed by atoms with Crippen LogP contribution in [0.3, 0.4) is 0 Å². The molecule has 7 nitrogen and oxygen atoms in total. The van der Waals surface area contributed by atoms with Crippen LogP contribution in [0.15, 0.2) is 18.2 Å². The monoisotopic (exact) mass is 330 g/mol. The predicted octanol–water partition coefficient (Wildman–Crippen LogP) is 2.48. The lowest BCUT2D eigenvalue weighted by Gasteiger charge is -2.14. The van der Waals surface area contributed by atoms with Crippen molar-refractivity contribution in [1.29, 1.82) is 0 Å². The van der Waals surface area contributed by atoms with E-state index in [0.29, 0.717) is 39.7 Å². The van der Waals surface area contributed by atoms with Gasteiger partial charge >= 0.3 is 5.97 Å². The topological polar surface area (TPSA) is 83.5 Å². The number of fused-ring (bicyclic) bond motifs is 5. The Morgan fingerprint density at radius 2 is 1.79 bits per heavy atom. The molecule has 1 N–H and O–H groups in total. The van der Waals surface area contributed by atoms with Gasteiger partial charge in [0.2, 0.25) is 12.5 Å². The number of carbonyl (C=O) groups excluding carboxylic acids is 1. The quantitative estimate of drug-likeness (QED) is 0.847. The fraction of sp³-hybridized carbons (Fsp3) is 0.235. The Morgan fingerprint density at radius 3 is 2.54 bits per heavy atom. The summed E-state index contributed by atoms with van der Waals surface area (Å²) < 4.78 is 26.9. The van der Waals surface area contributed by atoms with Gasteiger partial charge in [0.05, 0.1) is 14.2 Å². The van der Waals surface area contributed by atoms with Crippen LogP contribution in [0.4, 0.5) is 0 Å². The van der Waals surface area contributed by atoms with E-state index in [4.69, 9.17) is 23.7 Å². The molecule has 0 fully saturated rings. The maximum Gasteiger partial charge on any atom is 0.342 e. The fourth-order valence-corrected chi connectivity index (χ4v) is 3.00. The average Bonchev–Trinajstić information content (AvgIpc) is 3.02. The molecule has 4 rings (SSSR count). The second-order valence-corrected chi connectivity index (χ2v) is 5.32. The molecule has 7 heteroatoms. The second kappa shape index (κ2) is 5.23. The van der Waals surface area contributed by atoms with E-state index in [9.17, 15) is 9.90 Å². The normalized spacial score (nSPS) is 14.3. The summed E-state index contributed by atoms with van der Waals surface area (Å²) in [5.74, 6) is 0.984. The van der Waals surface area contributed by atoms with E-state index in [2.05, 4.69) is 0 Å². The van der Waals surface area contributed by atoms with Gasteiger partial charge in [0.15, 0.2) is 11.5 Å². The van der Waals surface area contributed by atoms with E-state index < -0.39 is 5.97 Å². The fourth-order valence-electron chi connectivity index (χ4n) is 3.00. The number of benzene rings is 2. The first-order chi connectivity index (χ1) is 11.6. The number of methoxy groups -OCH3 is 2. The highest BCUT2D eigenvalue weighted by Gasteiger charge is 2.33. The highest BCUT2D eigenvalue weighted by Crippen LogP contribution is 2.52. The van der Waals surface area contributed by atoms with Crippen LogP contribution >= 0.6 is 0 Å². The Morgan fingerprint density at radius 1 is 1.00 bits per heavy atom. The summed E-state index contributed by atoms with van der Waals surface area (Å²) in [6, 6.07) is 4.77. The molecule has 0 unspecified atom stereocenters. The van der Waals surface area contributed by atoms with E-state index in [1.54, 1.807) is 12.1 Å². The number of phenolic OH excluding ortho intramolecular Hbond substituents is 1. The van der Waals surface area contributed by atoms with Crippen LogP contribution in [0.2, 0.25) is 0 Å². The number of hydrogen-bond donors (Lipinski definition) is 1. The van der Waals surface area contributed by atoms with E-state index >= 15 is 0 Å². The molecule has 0 amide bonds. The zero-order chi connectivity index (χ0) is 16.8. The number of ether oxygens (including phenoxy) is 5. The van der Waals surface area contributed by atoms with Gasteiger partial charge in [-0.15, -0.1) is 0 Å². The lowest BCUT2D eigenvalue weighted by atomic mass is 9.94. The van der Waals surface area contributed by atoms with Crippen molar-refractivity contribution in [2.24, 2.45) is 0 Å². The number of cyclic esters (lactones) is 1. The van der Waals surface area contributed by atoms with Gasteiger partial charge < -0.3 is 28.8 Å². The van der Waals surface area contributed by atoms with Gasteiger partial charge in [0.25, 0.3) is 0 Å². The molecule has 0 saturated heterocycles. The van der Waals surface area contributed by atoms with Crippen molar-refractivity contribution in [2.75, 3.05) is 21.0 Å².